The average molecular weight is 798 g/mol. The van der Waals surface area contributed by atoms with E-state index in [1.165, 1.54) is 0 Å². The Kier molecular flexibility index (Phi) is 14.9. The average Bonchev–Trinajstić information content (AvgIpc) is 3.23. The van der Waals surface area contributed by atoms with Crippen LogP contribution in [0.1, 0.15) is 82.8 Å². The Balaban J connectivity index is 1.61. The quantitative estimate of drug-likeness (QED) is 0.0620. The van der Waals surface area contributed by atoms with Gasteiger partial charge in [0.1, 0.15) is 24.1 Å². The Morgan fingerprint density at radius 3 is 2.52 bits per heavy atom. The number of benzene rings is 3. The van der Waals surface area contributed by atoms with Crippen LogP contribution >= 0.6 is 0 Å². The maximum Gasteiger partial charge on any atom is 0.412 e. The molecule has 1 heterocycles. The van der Waals surface area contributed by atoms with Gasteiger partial charge in [-0.3, -0.25) is 4.90 Å². The maximum atomic E-state index is 14.5. The third-order valence-electron chi connectivity index (χ3n) is 11.6. The third kappa shape index (κ3) is 9.04. The highest BCUT2D eigenvalue weighted by molar-refractivity contribution is 6.03. The first-order chi connectivity index (χ1) is 28.3. The molecule has 1 aliphatic heterocycles. The highest BCUT2D eigenvalue weighted by atomic mass is 16.7. The van der Waals surface area contributed by atoms with Crippen molar-refractivity contribution < 1.29 is 43.6 Å². The van der Waals surface area contributed by atoms with Crippen LogP contribution in [0.4, 0.5) is 9.59 Å². The zero-order valence-electron chi connectivity index (χ0n) is 34.1. The smallest absolute Gasteiger partial charge is 0.412 e. The van der Waals surface area contributed by atoms with Crippen molar-refractivity contribution in [3.05, 3.63) is 96.1 Å². The molecule has 6 rings (SSSR count). The predicted molar refractivity (Wildman–Crippen MR) is 223 cm³/mol. The lowest BCUT2D eigenvalue weighted by atomic mass is 9.55. The Morgan fingerprint density at radius 1 is 1.00 bits per heavy atom. The van der Waals surface area contributed by atoms with E-state index >= 15 is 0 Å². The summed E-state index contributed by atoms with van der Waals surface area (Å²) in [6, 6.07) is 18.8. The van der Waals surface area contributed by atoms with E-state index in [2.05, 4.69) is 36.2 Å². The van der Waals surface area contributed by atoms with Crippen molar-refractivity contribution in [1.82, 2.24) is 10.2 Å². The molecule has 2 amide bonds. The SMILES string of the molecule is C=CCOC12Oc3ccc(OC(=O)NCC)cc3C3C(CCCCO)C(CCCCO)C=C(C(=NOCC)CC1N(Cc1cccc4ccccc14)C(=O)OCC)C32. The number of aliphatic hydroxyl groups excluding tert-OH is 2. The van der Waals surface area contributed by atoms with Gasteiger partial charge in [-0.1, -0.05) is 72.6 Å². The van der Waals surface area contributed by atoms with Crippen LogP contribution in [0.25, 0.3) is 10.8 Å². The summed E-state index contributed by atoms with van der Waals surface area (Å²) in [7, 11) is 0. The maximum absolute atomic E-state index is 14.5. The first kappa shape index (κ1) is 42.7. The number of amides is 2. The molecule has 1 fully saturated rings. The summed E-state index contributed by atoms with van der Waals surface area (Å²) in [6.45, 7) is 10.9. The van der Waals surface area contributed by atoms with Crippen LogP contribution in [0.2, 0.25) is 0 Å². The van der Waals surface area contributed by atoms with Crippen molar-refractivity contribution in [2.45, 2.75) is 90.0 Å². The number of hydrogen-bond donors (Lipinski definition) is 3. The van der Waals surface area contributed by atoms with E-state index < -0.39 is 29.9 Å². The number of allylic oxidation sites excluding steroid dienone is 1. The highest BCUT2D eigenvalue weighted by Crippen LogP contribution is 2.62. The molecule has 3 aromatic rings. The van der Waals surface area contributed by atoms with Crippen LogP contribution in [0.3, 0.4) is 0 Å². The fourth-order valence-corrected chi connectivity index (χ4v) is 9.26. The normalized spacial score (nSPS) is 23.8. The van der Waals surface area contributed by atoms with E-state index in [1.54, 1.807) is 24.0 Å². The molecule has 1 saturated carbocycles. The number of nitrogens with zero attached hydrogens (tertiary/aromatic N) is 2. The molecule has 3 aliphatic rings. The van der Waals surface area contributed by atoms with Crippen LogP contribution in [-0.4, -0.2) is 84.4 Å². The summed E-state index contributed by atoms with van der Waals surface area (Å²) >= 11 is 0. The van der Waals surface area contributed by atoms with Crippen molar-refractivity contribution in [3.8, 4) is 11.5 Å². The third-order valence-corrected chi connectivity index (χ3v) is 11.6. The van der Waals surface area contributed by atoms with Crippen molar-refractivity contribution in [1.29, 1.82) is 0 Å². The van der Waals surface area contributed by atoms with Crippen molar-refractivity contribution >= 4 is 28.7 Å². The Labute approximate surface area is 341 Å². The Bertz CT molecular complexity index is 1940. The molecule has 12 heteroatoms. The fourth-order valence-electron chi connectivity index (χ4n) is 9.26. The number of unbranched alkanes of at least 4 members (excludes halogenated alkanes) is 2. The number of aliphatic hydroxyl groups is 2. The fraction of sp³-hybridized carbons (Fsp3) is 0.500. The Hall–Kier alpha value is -4.91. The summed E-state index contributed by atoms with van der Waals surface area (Å²) in [6.07, 6.45) is 7.61. The van der Waals surface area contributed by atoms with E-state index in [4.69, 9.17) is 28.9 Å². The van der Waals surface area contributed by atoms with Gasteiger partial charge >= 0.3 is 12.2 Å². The van der Waals surface area contributed by atoms with E-state index in [1.807, 2.05) is 50.2 Å². The second kappa shape index (κ2) is 20.2. The van der Waals surface area contributed by atoms with E-state index in [9.17, 15) is 19.8 Å². The number of rotatable bonds is 19. The van der Waals surface area contributed by atoms with Crippen LogP contribution in [0, 0.1) is 17.8 Å². The molecule has 2 aliphatic carbocycles. The van der Waals surface area contributed by atoms with Crippen molar-refractivity contribution in [3.63, 3.8) is 0 Å². The number of carbonyl (C=O) groups is 2. The lowest BCUT2D eigenvalue weighted by Crippen LogP contribution is -2.70. The summed E-state index contributed by atoms with van der Waals surface area (Å²) in [5, 5.41) is 29.3. The first-order valence-electron chi connectivity index (χ1n) is 20.9. The van der Waals surface area contributed by atoms with Gasteiger partial charge in [-0.05, 0) is 98.4 Å². The summed E-state index contributed by atoms with van der Waals surface area (Å²) < 4.78 is 26.0. The number of nitrogens with one attached hydrogen (secondary N) is 1. The van der Waals surface area contributed by atoms with Crippen LogP contribution in [-0.2, 0) is 20.9 Å². The molecule has 3 N–H and O–H groups in total. The minimum Gasteiger partial charge on any atom is -0.459 e. The zero-order valence-corrected chi connectivity index (χ0v) is 34.1. The van der Waals surface area contributed by atoms with Gasteiger partial charge in [-0.25, -0.2) is 9.59 Å². The number of ether oxygens (including phenoxy) is 4. The van der Waals surface area contributed by atoms with Crippen LogP contribution < -0.4 is 14.8 Å². The number of oxime groups is 1. The van der Waals surface area contributed by atoms with Gasteiger partial charge in [-0.15, -0.1) is 6.58 Å². The van der Waals surface area contributed by atoms with Crippen LogP contribution in [0.15, 0.2) is 90.1 Å². The number of carbonyl (C=O) groups excluding carboxylic acids is 2. The molecule has 0 radical (unpaired) electrons. The van der Waals surface area contributed by atoms with E-state index in [0.29, 0.717) is 43.2 Å². The molecule has 312 valence electrons. The molecular weight excluding hydrogens is 739 g/mol. The second-order valence-corrected chi connectivity index (χ2v) is 15.1. The van der Waals surface area contributed by atoms with Gasteiger partial charge in [0.25, 0.3) is 0 Å². The van der Waals surface area contributed by atoms with Gasteiger partial charge in [0.15, 0.2) is 0 Å². The monoisotopic (exact) mass is 797 g/mol. The highest BCUT2D eigenvalue weighted by Gasteiger charge is 2.65. The molecule has 0 spiro atoms. The molecule has 58 heavy (non-hydrogen) atoms. The topological polar surface area (TPSA) is 148 Å². The van der Waals surface area contributed by atoms with Gasteiger partial charge in [0, 0.05) is 37.7 Å². The summed E-state index contributed by atoms with van der Waals surface area (Å²) in [5.74, 6) is -1.27. The minimum absolute atomic E-state index is 0.00858. The van der Waals surface area contributed by atoms with Crippen molar-refractivity contribution in [2.75, 3.05) is 39.6 Å². The van der Waals surface area contributed by atoms with E-state index in [0.717, 1.165) is 53.2 Å². The Morgan fingerprint density at radius 2 is 1.78 bits per heavy atom. The van der Waals surface area contributed by atoms with Gasteiger partial charge in [0.05, 0.1) is 31.4 Å². The van der Waals surface area contributed by atoms with E-state index in [-0.39, 0.29) is 57.1 Å². The minimum atomic E-state index is -1.46. The van der Waals surface area contributed by atoms with Gasteiger partial charge < -0.3 is 39.3 Å². The molecule has 6 unspecified atom stereocenters. The van der Waals surface area contributed by atoms with Gasteiger partial charge in [0.2, 0.25) is 5.79 Å². The number of fused-ring (bicyclic) bond motifs is 3. The lowest BCUT2D eigenvalue weighted by molar-refractivity contribution is -0.256. The predicted octanol–water partition coefficient (Wildman–Crippen LogP) is 8.26. The lowest BCUT2D eigenvalue weighted by Gasteiger charge is -2.59. The standard InChI is InChI=1S/C46H59N3O9/c1-5-26-55-46-41(49(45(53)54-7-3)30-33-19-15-18-31-16-9-10-20-35(31)33)29-39(48-56-8-4)37-27-32(17-11-13-24-50)36(21-12-14-25-51)42(43(37)46)38-28-34(22-23-40(38)58-46)57-44(52)47-6-2/h5,9-10,15-16,18-20,22-23,27-28,32,36,41-43,50-51H,1,6-8,11-14,17,21,24-26,29-30H2,2-4H3,(H,47,52). The molecule has 6 atom stereocenters. The zero-order chi connectivity index (χ0) is 41.1. The number of hydrogen-bond acceptors (Lipinski definition) is 10. The molecule has 0 aromatic heterocycles. The summed E-state index contributed by atoms with van der Waals surface area (Å²) in [4.78, 5) is 34.8. The molecule has 0 bridgehead atoms. The van der Waals surface area contributed by atoms with Crippen LogP contribution in [0.5, 0.6) is 11.5 Å². The molecule has 0 saturated heterocycles. The molecule has 3 aromatic carbocycles. The van der Waals surface area contributed by atoms with Gasteiger partial charge in [-0.2, -0.15) is 0 Å². The first-order valence-corrected chi connectivity index (χ1v) is 20.9. The summed E-state index contributed by atoms with van der Waals surface area (Å²) in [5.41, 5.74) is 3.39. The molecule has 12 nitrogen and oxygen atoms in total. The molecular formula is C46H59N3O9. The largest absolute Gasteiger partial charge is 0.459 e. The van der Waals surface area contributed by atoms with Crippen molar-refractivity contribution in [2.24, 2.45) is 22.9 Å². The second-order valence-electron chi connectivity index (χ2n) is 15.1.